The second kappa shape index (κ2) is 7.92. The van der Waals surface area contributed by atoms with Crippen LogP contribution in [0.5, 0.6) is 0 Å². The lowest BCUT2D eigenvalue weighted by atomic mass is 10.0. The smallest absolute Gasteiger partial charge is 0.0589 e. The van der Waals surface area contributed by atoms with Crippen LogP contribution in [-0.4, -0.2) is 43.8 Å². The van der Waals surface area contributed by atoms with E-state index in [9.17, 15) is 0 Å². The molecule has 1 aromatic rings. The van der Waals surface area contributed by atoms with E-state index in [-0.39, 0.29) is 0 Å². The quantitative estimate of drug-likeness (QED) is 0.796. The van der Waals surface area contributed by atoms with Crippen LogP contribution in [0.4, 0.5) is 0 Å². The van der Waals surface area contributed by atoms with Gasteiger partial charge in [-0.15, -0.1) is 0 Å². The van der Waals surface area contributed by atoms with Gasteiger partial charge in [0.2, 0.25) is 0 Å². The van der Waals surface area contributed by atoms with Crippen molar-refractivity contribution < 1.29 is 4.74 Å². The predicted molar refractivity (Wildman–Crippen MR) is 88.7 cm³/mol. The van der Waals surface area contributed by atoms with Crippen molar-refractivity contribution in [2.24, 2.45) is 0 Å². The summed E-state index contributed by atoms with van der Waals surface area (Å²) >= 11 is 0. The molecule has 3 atom stereocenters. The summed E-state index contributed by atoms with van der Waals surface area (Å²) in [4.78, 5) is 2.64. The zero-order valence-corrected chi connectivity index (χ0v) is 13.9. The molecular weight excluding hydrogens is 260 g/mol. The maximum atomic E-state index is 5.34. The number of hydrogen-bond acceptors (Lipinski definition) is 3. The van der Waals surface area contributed by atoms with Gasteiger partial charge >= 0.3 is 0 Å². The Bertz CT molecular complexity index is 435. The van der Waals surface area contributed by atoms with Gasteiger partial charge in [-0.3, -0.25) is 4.90 Å². The maximum absolute atomic E-state index is 5.34. The zero-order valence-electron chi connectivity index (χ0n) is 13.9. The van der Waals surface area contributed by atoms with E-state index in [0.717, 1.165) is 26.1 Å². The van der Waals surface area contributed by atoms with Crippen LogP contribution in [0.2, 0.25) is 0 Å². The van der Waals surface area contributed by atoms with Crippen LogP contribution < -0.4 is 5.32 Å². The van der Waals surface area contributed by atoms with E-state index in [1.54, 1.807) is 7.11 Å². The zero-order chi connectivity index (χ0) is 15.2. The van der Waals surface area contributed by atoms with Gasteiger partial charge in [-0.25, -0.2) is 0 Å². The number of benzene rings is 1. The summed E-state index contributed by atoms with van der Waals surface area (Å²) in [6.45, 7) is 9.62. The van der Waals surface area contributed by atoms with Crippen LogP contribution in [-0.2, 0) is 11.2 Å². The highest BCUT2D eigenvalue weighted by atomic mass is 16.5. The largest absolute Gasteiger partial charge is 0.383 e. The molecule has 0 aromatic heterocycles. The van der Waals surface area contributed by atoms with E-state index in [2.05, 4.69) is 55.3 Å². The number of methoxy groups -OCH3 is 1. The van der Waals surface area contributed by atoms with Crippen LogP contribution in [0.1, 0.15) is 44.4 Å². The average molecular weight is 290 g/mol. The third kappa shape index (κ3) is 3.65. The SMILES string of the molecule is CCNC1c2ccccc2CC1N(CCOC)C(C)CC. The summed E-state index contributed by atoms with van der Waals surface area (Å²) in [5.41, 5.74) is 2.98. The first-order valence-corrected chi connectivity index (χ1v) is 8.28. The van der Waals surface area contributed by atoms with E-state index in [1.165, 1.54) is 17.5 Å². The van der Waals surface area contributed by atoms with E-state index in [1.807, 2.05) is 0 Å². The van der Waals surface area contributed by atoms with Gasteiger partial charge in [-0.2, -0.15) is 0 Å². The van der Waals surface area contributed by atoms with Crippen molar-refractivity contribution >= 4 is 0 Å². The Hall–Kier alpha value is -0.900. The fraction of sp³-hybridized carbons (Fsp3) is 0.667. The molecule has 21 heavy (non-hydrogen) atoms. The number of nitrogens with zero attached hydrogens (tertiary/aromatic N) is 1. The van der Waals surface area contributed by atoms with E-state index in [0.29, 0.717) is 18.1 Å². The lowest BCUT2D eigenvalue weighted by Gasteiger charge is -2.37. The molecule has 0 bridgehead atoms. The molecule has 0 spiro atoms. The lowest BCUT2D eigenvalue weighted by Crippen LogP contribution is -2.48. The van der Waals surface area contributed by atoms with Crippen molar-refractivity contribution in [3.63, 3.8) is 0 Å². The molecule has 0 amide bonds. The molecule has 0 saturated carbocycles. The number of hydrogen-bond donors (Lipinski definition) is 1. The van der Waals surface area contributed by atoms with Gasteiger partial charge in [0.15, 0.2) is 0 Å². The average Bonchev–Trinajstić information content (AvgIpc) is 2.87. The second-order valence-corrected chi connectivity index (χ2v) is 5.99. The number of fused-ring (bicyclic) bond motifs is 1. The van der Waals surface area contributed by atoms with Gasteiger partial charge in [0, 0.05) is 31.8 Å². The second-order valence-electron chi connectivity index (χ2n) is 5.99. The van der Waals surface area contributed by atoms with E-state index < -0.39 is 0 Å². The third-order valence-electron chi connectivity index (χ3n) is 4.76. The molecule has 0 saturated heterocycles. The number of rotatable bonds is 8. The van der Waals surface area contributed by atoms with Crippen LogP contribution in [0.25, 0.3) is 0 Å². The van der Waals surface area contributed by atoms with Crippen molar-refractivity contribution in [2.75, 3.05) is 26.8 Å². The summed E-state index contributed by atoms with van der Waals surface area (Å²) in [5, 5.41) is 3.70. The molecule has 3 unspecified atom stereocenters. The standard InChI is InChI=1S/C18H30N2O/c1-5-14(3)20(11-12-21-4)17-13-15-9-7-8-10-16(15)18(17)19-6-2/h7-10,14,17-19H,5-6,11-13H2,1-4H3. The molecule has 1 aliphatic carbocycles. The van der Waals surface area contributed by atoms with Crippen LogP contribution in [0.15, 0.2) is 24.3 Å². The minimum absolute atomic E-state index is 0.442. The predicted octanol–water partition coefficient (Wildman–Crippen LogP) is 3.01. The van der Waals surface area contributed by atoms with Crippen molar-refractivity contribution in [1.29, 1.82) is 0 Å². The first-order chi connectivity index (χ1) is 10.2. The van der Waals surface area contributed by atoms with Gasteiger partial charge in [0.25, 0.3) is 0 Å². The van der Waals surface area contributed by atoms with E-state index >= 15 is 0 Å². The highest BCUT2D eigenvalue weighted by Gasteiger charge is 2.36. The third-order valence-corrected chi connectivity index (χ3v) is 4.76. The highest BCUT2D eigenvalue weighted by molar-refractivity contribution is 5.37. The van der Waals surface area contributed by atoms with Crippen molar-refractivity contribution in [3.05, 3.63) is 35.4 Å². The molecule has 1 aliphatic rings. The van der Waals surface area contributed by atoms with Crippen molar-refractivity contribution in [1.82, 2.24) is 10.2 Å². The summed E-state index contributed by atoms with van der Waals surface area (Å²) in [5.74, 6) is 0. The Kier molecular flexibility index (Phi) is 6.22. The number of ether oxygens (including phenoxy) is 1. The minimum atomic E-state index is 0.442. The number of nitrogens with one attached hydrogen (secondary N) is 1. The van der Waals surface area contributed by atoms with Crippen molar-refractivity contribution in [3.8, 4) is 0 Å². The van der Waals surface area contributed by atoms with Crippen LogP contribution in [0, 0.1) is 0 Å². The Balaban J connectivity index is 2.23. The van der Waals surface area contributed by atoms with Crippen LogP contribution in [0.3, 0.4) is 0 Å². The van der Waals surface area contributed by atoms with Gasteiger partial charge in [-0.1, -0.05) is 38.1 Å². The molecular formula is C18H30N2O. The molecule has 2 rings (SSSR count). The van der Waals surface area contributed by atoms with Gasteiger partial charge < -0.3 is 10.1 Å². The first-order valence-electron chi connectivity index (χ1n) is 8.28. The Labute approximate surface area is 129 Å². The summed E-state index contributed by atoms with van der Waals surface area (Å²) in [6, 6.07) is 10.4. The molecule has 0 aliphatic heterocycles. The topological polar surface area (TPSA) is 24.5 Å². The Morgan fingerprint density at radius 2 is 2.10 bits per heavy atom. The molecule has 3 nitrogen and oxygen atoms in total. The molecule has 0 radical (unpaired) electrons. The molecule has 0 fully saturated rings. The number of likely N-dealkylation sites (N-methyl/N-ethyl adjacent to an activating group) is 1. The minimum Gasteiger partial charge on any atom is -0.383 e. The molecule has 0 heterocycles. The molecule has 3 heteroatoms. The van der Waals surface area contributed by atoms with Crippen molar-refractivity contribution in [2.45, 2.75) is 51.7 Å². The monoisotopic (exact) mass is 290 g/mol. The fourth-order valence-corrected chi connectivity index (χ4v) is 3.49. The fourth-order valence-electron chi connectivity index (χ4n) is 3.49. The Morgan fingerprint density at radius 3 is 2.76 bits per heavy atom. The lowest BCUT2D eigenvalue weighted by molar-refractivity contribution is 0.0758. The first kappa shape index (κ1) is 16.5. The molecule has 1 N–H and O–H groups in total. The van der Waals surface area contributed by atoms with Gasteiger partial charge in [0.1, 0.15) is 0 Å². The normalized spacial score (nSPS) is 22.5. The van der Waals surface area contributed by atoms with Crippen LogP contribution >= 0.6 is 0 Å². The highest BCUT2D eigenvalue weighted by Crippen LogP contribution is 2.35. The molecule has 118 valence electrons. The Morgan fingerprint density at radius 1 is 1.33 bits per heavy atom. The maximum Gasteiger partial charge on any atom is 0.0589 e. The van der Waals surface area contributed by atoms with Gasteiger partial charge in [0.05, 0.1) is 6.61 Å². The summed E-state index contributed by atoms with van der Waals surface area (Å²) < 4.78 is 5.34. The summed E-state index contributed by atoms with van der Waals surface area (Å²) in [6.07, 6.45) is 2.32. The molecule has 1 aromatic carbocycles. The van der Waals surface area contributed by atoms with Gasteiger partial charge in [-0.05, 0) is 37.4 Å². The summed E-state index contributed by atoms with van der Waals surface area (Å²) in [7, 11) is 1.79. The van der Waals surface area contributed by atoms with E-state index in [4.69, 9.17) is 4.74 Å².